The van der Waals surface area contributed by atoms with Crippen LogP contribution in [0.25, 0.3) is 10.9 Å². The van der Waals surface area contributed by atoms with Gasteiger partial charge in [-0.1, -0.05) is 67.4 Å². The van der Waals surface area contributed by atoms with Crippen molar-refractivity contribution in [3.8, 4) is 0 Å². The summed E-state index contributed by atoms with van der Waals surface area (Å²) in [6.45, 7) is -0.00661. The van der Waals surface area contributed by atoms with Crippen molar-refractivity contribution >= 4 is 28.4 Å². The first-order valence-electron chi connectivity index (χ1n) is 10.5. The summed E-state index contributed by atoms with van der Waals surface area (Å²) >= 11 is 1.24. The largest absolute Gasteiger partial charge is 0.395 e. The Kier molecular flexibility index (Phi) is 6.65. The first-order chi connectivity index (χ1) is 14.7. The van der Waals surface area contributed by atoms with Gasteiger partial charge in [-0.15, -0.1) is 0 Å². The number of carbonyl (C=O) groups is 1. The second-order valence-electron chi connectivity index (χ2n) is 7.76. The van der Waals surface area contributed by atoms with Crippen LogP contribution < -0.4 is 5.56 Å². The molecule has 1 aliphatic carbocycles. The fourth-order valence-corrected chi connectivity index (χ4v) is 5.07. The smallest absolute Gasteiger partial charge is 0.262 e. The van der Waals surface area contributed by atoms with Crippen molar-refractivity contribution < 1.29 is 9.90 Å². The molecule has 0 unspecified atom stereocenters. The van der Waals surface area contributed by atoms with Crippen LogP contribution in [0.15, 0.2) is 58.5 Å². The molecule has 0 aliphatic heterocycles. The van der Waals surface area contributed by atoms with Gasteiger partial charge >= 0.3 is 0 Å². The van der Waals surface area contributed by atoms with Crippen molar-refractivity contribution in [1.82, 2.24) is 9.55 Å². The van der Waals surface area contributed by atoms with Crippen LogP contribution >= 0.6 is 11.8 Å². The van der Waals surface area contributed by atoms with Crippen molar-refractivity contribution in [1.29, 1.82) is 0 Å². The molecule has 1 fully saturated rings. The minimum absolute atomic E-state index is 0.00755. The summed E-state index contributed by atoms with van der Waals surface area (Å²) < 4.78 is 1.45. The molecule has 0 amide bonds. The number of benzene rings is 2. The molecular weight excluding hydrogens is 396 g/mol. The van der Waals surface area contributed by atoms with E-state index < -0.39 is 0 Å². The molecule has 1 N–H and O–H groups in total. The van der Waals surface area contributed by atoms with E-state index in [-0.39, 0.29) is 30.2 Å². The summed E-state index contributed by atoms with van der Waals surface area (Å²) in [6.07, 6.45) is 6.37. The van der Waals surface area contributed by atoms with Crippen molar-refractivity contribution in [2.75, 3.05) is 12.4 Å². The molecule has 6 heteroatoms. The summed E-state index contributed by atoms with van der Waals surface area (Å²) in [5, 5.41) is 10.3. The summed E-state index contributed by atoms with van der Waals surface area (Å²) in [5.41, 5.74) is 2.41. The van der Waals surface area contributed by atoms with Gasteiger partial charge in [0.1, 0.15) is 0 Å². The first kappa shape index (κ1) is 20.8. The lowest BCUT2D eigenvalue weighted by atomic mass is 9.84. The minimum atomic E-state index is -0.193. The zero-order chi connectivity index (χ0) is 20.9. The summed E-state index contributed by atoms with van der Waals surface area (Å²) in [6, 6.07) is 15.2. The molecule has 30 heavy (non-hydrogen) atoms. The van der Waals surface area contributed by atoms with E-state index >= 15 is 0 Å². The number of fused-ring (bicyclic) bond motifs is 1. The number of rotatable bonds is 7. The van der Waals surface area contributed by atoms with Crippen LogP contribution in [0, 0.1) is 0 Å². The number of Topliss-reactive ketones (excluding diaryl/α,β-unsaturated/α-hetero) is 1. The topological polar surface area (TPSA) is 72.2 Å². The summed E-state index contributed by atoms with van der Waals surface area (Å²) in [7, 11) is 0. The summed E-state index contributed by atoms with van der Waals surface area (Å²) in [4.78, 5) is 30.1. The van der Waals surface area contributed by atoms with Crippen molar-refractivity contribution in [3.63, 3.8) is 0 Å². The lowest BCUT2D eigenvalue weighted by Gasteiger charge is -2.22. The molecule has 0 bridgehead atoms. The van der Waals surface area contributed by atoms with Gasteiger partial charge in [0.2, 0.25) is 0 Å². The van der Waals surface area contributed by atoms with E-state index in [9.17, 15) is 14.7 Å². The Hall–Kier alpha value is -2.44. The van der Waals surface area contributed by atoms with E-state index in [4.69, 9.17) is 0 Å². The van der Waals surface area contributed by atoms with Crippen LogP contribution in [-0.2, 0) is 6.54 Å². The fourth-order valence-electron chi connectivity index (χ4n) is 4.15. The Morgan fingerprint density at radius 2 is 1.80 bits per heavy atom. The molecule has 1 heterocycles. The quantitative estimate of drug-likeness (QED) is 0.347. The molecule has 4 rings (SSSR count). The number of aliphatic hydroxyl groups excluding tert-OH is 1. The predicted molar refractivity (Wildman–Crippen MR) is 120 cm³/mol. The van der Waals surface area contributed by atoms with Gasteiger partial charge in [0.05, 0.1) is 29.8 Å². The number of carbonyl (C=O) groups excluding carboxylic acids is 1. The van der Waals surface area contributed by atoms with Gasteiger partial charge in [-0.2, -0.15) is 0 Å². The number of hydrogen-bond donors (Lipinski definition) is 1. The highest BCUT2D eigenvalue weighted by Crippen LogP contribution is 2.32. The van der Waals surface area contributed by atoms with Crippen LogP contribution in [0.3, 0.4) is 0 Å². The number of nitrogens with zero attached hydrogens (tertiary/aromatic N) is 2. The average molecular weight is 423 g/mol. The van der Waals surface area contributed by atoms with E-state index in [1.54, 1.807) is 18.2 Å². The number of aliphatic hydroxyl groups is 1. The van der Waals surface area contributed by atoms with Crippen molar-refractivity contribution in [3.05, 3.63) is 70.0 Å². The highest BCUT2D eigenvalue weighted by atomic mass is 32.2. The maximum Gasteiger partial charge on any atom is 0.262 e. The van der Waals surface area contributed by atoms with Gasteiger partial charge in [-0.25, -0.2) is 4.98 Å². The van der Waals surface area contributed by atoms with Gasteiger partial charge in [0.15, 0.2) is 10.9 Å². The van der Waals surface area contributed by atoms with E-state index in [1.807, 2.05) is 18.2 Å². The second-order valence-corrected chi connectivity index (χ2v) is 8.70. The van der Waals surface area contributed by atoms with Crippen LogP contribution in [0.5, 0.6) is 0 Å². The highest BCUT2D eigenvalue weighted by molar-refractivity contribution is 7.99. The molecule has 0 spiro atoms. The molecule has 0 saturated heterocycles. The highest BCUT2D eigenvalue weighted by Gasteiger charge is 2.17. The van der Waals surface area contributed by atoms with Crippen molar-refractivity contribution in [2.24, 2.45) is 0 Å². The molecule has 1 aromatic heterocycles. The number of para-hydroxylation sites is 1. The van der Waals surface area contributed by atoms with Gasteiger partial charge < -0.3 is 5.11 Å². The molecule has 0 atom stereocenters. The molecule has 156 valence electrons. The Labute approximate surface area is 180 Å². The third kappa shape index (κ3) is 4.50. The third-order valence-electron chi connectivity index (χ3n) is 5.79. The predicted octanol–water partition coefficient (Wildman–Crippen LogP) is 4.41. The monoisotopic (exact) mass is 422 g/mol. The normalized spacial score (nSPS) is 14.8. The van der Waals surface area contributed by atoms with Crippen molar-refractivity contribution in [2.45, 2.75) is 49.7 Å². The zero-order valence-corrected chi connectivity index (χ0v) is 17.7. The SMILES string of the molecule is O=C(CSc1nc2ccccc2c(=O)n1CCO)c1ccc(C2CCCCC2)cc1. The van der Waals surface area contributed by atoms with Gasteiger partial charge in [0.25, 0.3) is 5.56 Å². The number of hydrogen-bond acceptors (Lipinski definition) is 5. The molecule has 2 aromatic carbocycles. The first-order valence-corrected chi connectivity index (χ1v) is 11.5. The number of thioether (sulfide) groups is 1. The Morgan fingerprint density at radius 3 is 2.53 bits per heavy atom. The summed E-state index contributed by atoms with van der Waals surface area (Å²) in [5.74, 6) is 0.819. The van der Waals surface area contributed by atoms with Crippen LogP contribution in [0.1, 0.15) is 53.9 Å². The standard InChI is InChI=1S/C24H26N2O3S/c27-15-14-26-23(29)20-8-4-5-9-21(20)25-24(26)30-16-22(28)19-12-10-18(11-13-19)17-6-2-1-3-7-17/h4-5,8-13,17,27H,1-3,6-7,14-16H2. The van der Waals surface area contributed by atoms with Gasteiger partial charge in [-0.05, 0) is 36.5 Å². The zero-order valence-electron chi connectivity index (χ0n) is 16.9. The van der Waals surface area contributed by atoms with E-state index in [0.29, 0.717) is 27.5 Å². The molecule has 0 radical (unpaired) electrons. The Bertz CT molecular complexity index is 1090. The second kappa shape index (κ2) is 9.58. The maximum absolute atomic E-state index is 12.8. The number of ketones is 1. The molecule has 1 aliphatic rings. The lowest BCUT2D eigenvalue weighted by molar-refractivity contribution is 0.102. The van der Waals surface area contributed by atoms with E-state index in [2.05, 4.69) is 17.1 Å². The third-order valence-corrected chi connectivity index (χ3v) is 6.77. The Morgan fingerprint density at radius 1 is 1.07 bits per heavy atom. The molecular formula is C24H26N2O3S. The van der Waals surface area contributed by atoms with Gasteiger partial charge in [0, 0.05) is 5.56 Å². The van der Waals surface area contributed by atoms with Crippen LogP contribution in [-0.4, -0.2) is 32.8 Å². The molecule has 5 nitrogen and oxygen atoms in total. The van der Waals surface area contributed by atoms with E-state index in [1.165, 1.54) is 54.0 Å². The minimum Gasteiger partial charge on any atom is -0.395 e. The maximum atomic E-state index is 12.8. The Balaban J connectivity index is 1.50. The van der Waals surface area contributed by atoms with Gasteiger partial charge in [-0.3, -0.25) is 14.2 Å². The molecule has 3 aromatic rings. The number of aromatic nitrogens is 2. The van der Waals surface area contributed by atoms with E-state index in [0.717, 1.165) is 0 Å². The lowest BCUT2D eigenvalue weighted by Crippen LogP contribution is -2.25. The van der Waals surface area contributed by atoms with Crippen LogP contribution in [0.4, 0.5) is 0 Å². The van der Waals surface area contributed by atoms with Crippen LogP contribution in [0.2, 0.25) is 0 Å². The average Bonchev–Trinajstić information content (AvgIpc) is 2.80. The fraction of sp³-hybridized carbons (Fsp3) is 0.375. The molecule has 1 saturated carbocycles.